The molecule has 0 amide bonds. The SMILES string of the molecule is CCCCOCCOCCN(CCC)CCC. The van der Waals surface area contributed by atoms with Crippen LogP contribution in [-0.2, 0) is 9.47 Å². The van der Waals surface area contributed by atoms with Crippen molar-refractivity contribution < 1.29 is 9.47 Å². The van der Waals surface area contributed by atoms with Crippen LogP contribution in [0.2, 0.25) is 0 Å². The average Bonchev–Trinajstić information content (AvgIpc) is 2.33. The molecule has 0 rings (SSSR count). The summed E-state index contributed by atoms with van der Waals surface area (Å²) in [6.45, 7) is 13.2. The van der Waals surface area contributed by atoms with Gasteiger partial charge in [-0.3, -0.25) is 0 Å². The lowest BCUT2D eigenvalue weighted by Crippen LogP contribution is -2.29. The molecule has 104 valence electrons. The van der Waals surface area contributed by atoms with Gasteiger partial charge in [0.2, 0.25) is 0 Å². The van der Waals surface area contributed by atoms with Crippen molar-refractivity contribution in [3.8, 4) is 0 Å². The summed E-state index contributed by atoms with van der Waals surface area (Å²) < 4.78 is 11.0. The lowest BCUT2D eigenvalue weighted by Gasteiger charge is -2.20. The Hall–Kier alpha value is -0.120. The van der Waals surface area contributed by atoms with Crippen LogP contribution in [0, 0.1) is 0 Å². The summed E-state index contributed by atoms with van der Waals surface area (Å²) in [7, 11) is 0. The van der Waals surface area contributed by atoms with Crippen LogP contribution in [-0.4, -0.2) is 51.0 Å². The van der Waals surface area contributed by atoms with Gasteiger partial charge in [-0.1, -0.05) is 27.2 Å². The zero-order valence-corrected chi connectivity index (χ0v) is 12.0. The van der Waals surface area contributed by atoms with Crippen LogP contribution in [0.5, 0.6) is 0 Å². The van der Waals surface area contributed by atoms with Gasteiger partial charge in [-0.2, -0.15) is 0 Å². The van der Waals surface area contributed by atoms with Gasteiger partial charge in [0.25, 0.3) is 0 Å². The number of unbranched alkanes of at least 4 members (excludes halogenated alkanes) is 1. The fraction of sp³-hybridized carbons (Fsp3) is 1.00. The smallest absolute Gasteiger partial charge is 0.0701 e. The molecule has 0 radical (unpaired) electrons. The average molecular weight is 245 g/mol. The van der Waals surface area contributed by atoms with Crippen molar-refractivity contribution in [1.29, 1.82) is 0 Å². The van der Waals surface area contributed by atoms with Crippen LogP contribution in [0.4, 0.5) is 0 Å². The second-order valence-electron chi connectivity index (χ2n) is 4.42. The molecule has 0 saturated heterocycles. The molecule has 0 aromatic rings. The fourth-order valence-electron chi connectivity index (χ4n) is 1.73. The molecule has 0 bridgehead atoms. The Morgan fingerprint density at radius 3 is 1.76 bits per heavy atom. The third kappa shape index (κ3) is 12.1. The van der Waals surface area contributed by atoms with Crippen LogP contribution in [0.3, 0.4) is 0 Å². The van der Waals surface area contributed by atoms with Crippen LogP contribution >= 0.6 is 0 Å². The Morgan fingerprint density at radius 2 is 1.24 bits per heavy atom. The maximum atomic E-state index is 5.57. The predicted molar refractivity (Wildman–Crippen MR) is 73.6 cm³/mol. The normalized spacial score (nSPS) is 11.3. The zero-order valence-electron chi connectivity index (χ0n) is 12.0. The highest BCUT2D eigenvalue weighted by Crippen LogP contribution is 1.94. The number of rotatable bonds is 13. The Bertz CT molecular complexity index is 136. The van der Waals surface area contributed by atoms with E-state index in [1.165, 1.54) is 32.4 Å². The Kier molecular flexibility index (Phi) is 13.8. The first-order valence-corrected chi connectivity index (χ1v) is 7.22. The summed E-state index contributed by atoms with van der Waals surface area (Å²) in [5.74, 6) is 0. The Balaban J connectivity index is 3.23. The van der Waals surface area contributed by atoms with E-state index in [-0.39, 0.29) is 0 Å². The van der Waals surface area contributed by atoms with Crippen molar-refractivity contribution >= 4 is 0 Å². The minimum absolute atomic E-state index is 0.732. The molecule has 3 nitrogen and oxygen atoms in total. The van der Waals surface area contributed by atoms with Crippen molar-refractivity contribution in [2.75, 3.05) is 46.1 Å². The largest absolute Gasteiger partial charge is 0.379 e. The molecule has 0 saturated carbocycles. The molecule has 0 N–H and O–H groups in total. The maximum absolute atomic E-state index is 5.57. The molecule has 0 aliphatic carbocycles. The predicted octanol–water partition coefficient (Wildman–Crippen LogP) is 2.94. The van der Waals surface area contributed by atoms with Gasteiger partial charge in [0.05, 0.1) is 19.8 Å². The number of ether oxygens (including phenoxy) is 2. The molecule has 0 aliphatic heterocycles. The Labute approximate surface area is 107 Å². The van der Waals surface area contributed by atoms with Gasteiger partial charge >= 0.3 is 0 Å². The van der Waals surface area contributed by atoms with Gasteiger partial charge in [-0.15, -0.1) is 0 Å². The van der Waals surface area contributed by atoms with E-state index in [2.05, 4.69) is 25.7 Å². The lowest BCUT2D eigenvalue weighted by molar-refractivity contribution is 0.0377. The van der Waals surface area contributed by atoms with Crippen LogP contribution in [0.1, 0.15) is 46.5 Å². The Morgan fingerprint density at radius 1 is 0.647 bits per heavy atom. The number of nitrogens with zero attached hydrogens (tertiary/aromatic N) is 1. The first-order valence-electron chi connectivity index (χ1n) is 7.22. The topological polar surface area (TPSA) is 21.7 Å². The van der Waals surface area contributed by atoms with Gasteiger partial charge in [0.15, 0.2) is 0 Å². The van der Waals surface area contributed by atoms with E-state index in [4.69, 9.17) is 9.47 Å². The molecular weight excluding hydrogens is 214 g/mol. The van der Waals surface area contributed by atoms with Crippen molar-refractivity contribution in [3.63, 3.8) is 0 Å². The molecule has 0 atom stereocenters. The summed E-state index contributed by atoms with van der Waals surface area (Å²) in [5.41, 5.74) is 0. The molecular formula is C14H31NO2. The number of hydrogen-bond donors (Lipinski definition) is 0. The summed E-state index contributed by atoms with van der Waals surface area (Å²) in [5, 5.41) is 0. The van der Waals surface area contributed by atoms with Crippen LogP contribution in [0.15, 0.2) is 0 Å². The van der Waals surface area contributed by atoms with Gasteiger partial charge in [0, 0.05) is 13.2 Å². The van der Waals surface area contributed by atoms with E-state index in [0.29, 0.717) is 0 Å². The van der Waals surface area contributed by atoms with E-state index >= 15 is 0 Å². The lowest BCUT2D eigenvalue weighted by atomic mass is 10.3. The first kappa shape index (κ1) is 16.9. The summed E-state index contributed by atoms with van der Waals surface area (Å²) >= 11 is 0. The van der Waals surface area contributed by atoms with Crippen LogP contribution in [0.25, 0.3) is 0 Å². The summed E-state index contributed by atoms with van der Waals surface area (Å²) in [4.78, 5) is 2.47. The highest BCUT2D eigenvalue weighted by atomic mass is 16.5. The fourth-order valence-corrected chi connectivity index (χ4v) is 1.73. The van der Waals surface area contributed by atoms with Crippen LogP contribution < -0.4 is 0 Å². The van der Waals surface area contributed by atoms with E-state index in [9.17, 15) is 0 Å². The van der Waals surface area contributed by atoms with E-state index < -0.39 is 0 Å². The maximum Gasteiger partial charge on any atom is 0.0701 e. The van der Waals surface area contributed by atoms with E-state index in [1.807, 2.05) is 0 Å². The van der Waals surface area contributed by atoms with Gasteiger partial charge in [-0.25, -0.2) is 0 Å². The number of hydrogen-bond acceptors (Lipinski definition) is 3. The zero-order chi connectivity index (χ0) is 12.8. The molecule has 0 aromatic carbocycles. The van der Waals surface area contributed by atoms with E-state index in [0.717, 1.165) is 39.4 Å². The van der Waals surface area contributed by atoms with Crippen molar-refractivity contribution in [2.45, 2.75) is 46.5 Å². The van der Waals surface area contributed by atoms with Crippen molar-refractivity contribution in [2.24, 2.45) is 0 Å². The van der Waals surface area contributed by atoms with Crippen molar-refractivity contribution in [3.05, 3.63) is 0 Å². The second kappa shape index (κ2) is 13.9. The second-order valence-corrected chi connectivity index (χ2v) is 4.42. The molecule has 0 fully saturated rings. The highest BCUT2D eigenvalue weighted by Gasteiger charge is 2.01. The monoisotopic (exact) mass is 245 g/mol. The quantitative estimate of drug-likeness (QED) is 0.466. The highest BCUT2D eigenvalue weighted by molar-refractivity contribution is 4.55. The molecule has 0 unspecified atom stereocenters. The van der Waals surface area contributed by atoms with E-state index in [1.54, 1.807) is 0 Å². The van der Waals surface area contributed by atoms with Gasteiger partial charge < -0.3 is 14.4 Å². The minimum Gasteiger partial charge on any atom is -0.379 e. The summed E-state index contributed by atoms with van der Waals surface area (Å²) in [6, 6.07) is 0. The third-order valence-corrected chi connectivity index (χ3v) is 2.65. The molecule has 0 aromatic heterocycles. The first-order chi connectivity index (χ1) is 8.35. The minimum atomic E-state index is 0.732. The third-order valence-electron chi connectivity index (χ3n) is 2.65. The molecule has 0 heterocycles. The summed E-state index contributed by atoms with van der Waals surface area (Å²) in [6.07, 6.45) is 4.80. The van der Waals surface area contributed by atoms with Gasteiger partial charge in [-0.05, 0) is 32.4 Å². The molecule has 0 aliphatic rings. The molecule has 17 heavy (non-hydrogen) atoms. The molecule has 3 heteroatoms. The van der Waals surface area contributed by atoms with Gasteiger partial charge in [0.1, 0.15) is 0 Å². The standard InChI is InChI=1S/C14H31NO2/c1-4-7-11-16-13-14-17-12-10-15(8-5-2)9-6-3/h4-14H2,1-3H3. The molecule has 0 spiro atoms. The van der Waals surface area contributed by atoms with Crippen molar-refractivity contribution in [1.82, 2.24) is 4.90 Å².